The first kappa shape index (κ1) is 11.2. The molecule has 78 valence electrons. The van der Waals surface area contributed by atoms with Gasteiger partial charge in [-0.05, 0) is 24.3 Å². The Morgan fingerprint density at radius 3 is 2.47 bits per heavy atom. The third-order valence-corrected chi connectivity index (χ3v) is 5.53. The van der Waals surface area contributed by atoms with E-state index in [1.165, 1.54) is 0 Å². The van der Waals surface area contributed by atoms with Crippen LogP contribution in [0.2, 0.25) is 0 Å². The number of rotatable bonds is 2. The summed E-state index contributed by atoms with van der Waals surface area (Å²) in [5.74, 6) is 0.775. The summed E-state index contributed by atoms with van der Waals surface area (Å²) < 4.78 is 5.66. The lowest BCUT2D eigenvalue weighted by molar-refractivity contribution is 0.607. The van der Waals surface area contributed by atoms with Gasteiger partial charge in [-0.3, -0.25) is 4.86 Å². The van der Waals surface area contributed by atoms with E-state index in [-0.39, 0.29) is 0 Å². The molecule has 2 rings (SSSR count). The maximum absolute atomic E-state index is 8.63. The number of hydrogen-bond donors (Lipinski definition) is 3. The van der Waals surface area contributed by atoms with Crippen molar-refractivity contribution in [3.63, 3.8) is 0 Å². The molecule has 2 atom stereocenters. The second kappa shape index (κ2) is 5.68. The highest BCUT2D eigenvalue weighted by atomic mass is 31.2. The molecule has 1 aliphatic heterocycles. The lowest BCUT2D eigenvalue weighted by Crippen LogP contribution is -2.18. The van der Waals surface area contributed by atoms with Gasteiger partial charge in [-0.15, -0.1) is 0 Å². The summed E-state index contributed by atoms with van der Waals surface area (Å²) in [6.07, 6.45) is 0. The normalized spacial score (nSPS) is 23.8. The van der Waals surface area contributed by atoms with Crippen LogP contribution in [0.25, 0.3) is 0 Å². The largest absolute Gasteiger partial charge is 0.444 e. The van der Waals surface area contributed by atoms with Crippen LogP contribution in [0.3, 0.4) is 0 Å². The fraction of sp³-hybridized carbons (Fsp3) is 0. The Morgan fingerprint density at radius 1 is 1.20 bits per heavy atom. The van der Waals surface area contributed by atoms with Crippen LogP contribution in [0, 0.1) is 11.3 Å². The molecule has 0 radical (unpaired) electrons. The minimum Gasteiger partial charge on any atom is -0.444 e. The number of benzene rings is 1. The summed E-state index contributed by atoms with van der Waals surface area (Å²) in [6.45, 7) is 0. The molecule has 1 saturated heterocycles. The molecule has 8 heteroatoms. The van der Waals surface area contributed by atoms with Crippen LogP contribution in [0.15, 0.2) is 24.3 Å². The van der Waals surface area contributed by atoms with Gasteiger partial charge in [0.2, 0.25) is 0 Å². The molecule has 5 nitrogen and oxygen atoms in total. The van der Waals surface area contributed by atoms with Gasteiger partial charge in [0.25, 0.3) is 8.45 Å². The van der Waals surface area contributed by atoms with Gasteiger partial charge in [-0.25, -0.2) is 9.72 Å². The SMILES string of the molecule is N#Cc1ccc(OP2NPNPN2)cc1. The highest BCUT2D eigenvalue weighted by molar-refractivity contribution is 7.71. The molecule has 0 amide bonds. The number of hydrogen-bond acceptors (Lipinski definition) is 5. The predicted molar refractivity (Wildman–Crippen MR) is 64.7 cm³/mol. The molecule has 1 fully saturated rings. The first-order chi connectivity index (χ1) is 7.38. The van der Waals surface area contributed by atoms with Crippen LogP contribution in [0.5, 0.6) is 5.75 Å². The Bertz CT molecular complexity index is 359. The smallest absolute Gasteiger partial charge is 0.251 e. The molecule has 1 aromatic rings. The molecule has 0 saturated carbocycles. The van der Waals surface area contributed by atoms with E-state index in [0.29, 0.717) is 23.3 Å². The molecule has 1 heterocycles. The van der Waals surface area contributed by atoms with Gasteiger partial charge in [0.1, 0.15) is 5.75 Å². The van der Waals surface area contributed by atoms with Crippen molar-refractivity contribution in [3.05, 3.63) is 29.8 Å². The highest BCUT2D eigenvalue weighted by Crippen LogP contribution is 2.40. The van der Waals surface area contributed by atoms with Crippen molar-refractivity contribution in [2.24, 2.45) is 0 Å². The number of nitriles is 1. The van der Waals surface area contributed by atoms with Gasteiger partial charge >= 0.3 is 0 Å². The molecule has 0 bridgehead atoms. The molecule has 0 spiro atoms. The Hall–Kier alpha value is -0.320. The van der Waals surface area contributed by atoms with E-state index in [4.69, 9.17) is 9.79 Å². The van der Waals surface area contributed by atoms with E-state index in [1.807, 2.05) is 0 Å². The van der Waals surface area contributed by atoms with Gasteiger partial charge in [0.15, 0.2) is 0 Å². The van der Waals surface area contributed by atoms with Crippen molar-refractivity contribution in [1.29, 1.82) is 5.26 Å². The van der Waals surface area contributed by atoms with Gasteiger partial charge in [0.05, 0.1) is 11.6 Å². The van der Waals surface area contributed by atoms with E-state index >= 15 is 0 Å². The van der Waals surface area contributed by atoms with Crippen LogP contribution < -0.4 is 19.1 Å². The standard InChI is InChI=1S/C7H9N4OP3/c8-5-6-1-3-7(4-2-6)12-15-10-13-9-14-11-15/h1-4,9-11,13-14H. The average Bonchev–Trinajstić information content (AvgIpc) is 2.31. The van der Waals surface area contributed by atoms with Gasteiger partial charge in [-0.1, -0.05) is 0 Å². The van der Waals surface area contributed by atoms with Crippen LogP contribution in [0.1, 0.15) is 5.56 Å². The third-order valence-electron chi connectivity index (χ3n) is 1.62. The van der Waals surface area contributed by atoms with Crippen LogP contribution in [-0.2, 0) is 0 Å². The second-order valence-electron chi connectivity index (χ2n) is 2.62. The maximum atomic E-state index is 8.63. The summed E-state index contributed by atoms with van der Waals surface area (Å²) >= 11 is 0. The summed E-state index contributed by atoms with van der Waals surface area (Å²) in [7, 11) is 0.283. The molecule has 0 aliphatic carbocycles. The minimum atomic E-state index is -0.783. The van der Waals surface area contributed by atoms with Gasteiger partial charge in [0, 0.05) is 17.8 Å². The lowest BCUT2D eigenvalue weighted by Gasteiger charge is -2.24. The second-order valence-corrected chi connectivity index (χ2v) is 6.68. The first-order valence-electron chi connectivity index (χ1n) is 4.13. The van der Waals surface area contributed by atoms with Crippen molar-refractivity contribution in [2.75, 3.05) is 0 Å². The van der Waals surface area contributed by atoms with Crippen molar-refractivity contribution >= 4 is 26.2 Å². The quantitative estimate of drug-likeness (QED) is 0.707. The van der Waals surface area contributed by atoms with E-state index < -0.39 is 8.45 Å². The van der Waals surface area contributed by atoms with E-state index in [2.05, 4.69) is 20.6 Å². The van der Waals surface area contributed by atoms with Crippen LogP contribution in [-0.4, -0.2) is 0 Å². The van der Waals surface area contributed by atoms with Crippen LogP contribution >= 0.6 is 26.2 Å². The summed E-state index contributed by atoms with van der Waals surface area (Å²) in [6, 6.07) is 9.17. The van der Waals surface area contributed by atoms with Crippen molar-refractivity contribution in [1.82, 2.24) is 14.6 Å². The topological polar surface area (TPSA) is 69.1 Å². The zero-order valence-electron chi connectivity index (χ0n) is 7.61. The summed E-state index contributed by atoms with van der Waals surface area (Å²) in [4.78, 5) is 9.52. The Labute approximate surface area is 92.7 Å². The third kappa shape index (κ3) is 3.33. The zero-order chi connectivity index (χ0) is 10.5. The first-order valence-corrected chi connectivity index (χ1v) is 7.39. The van der Waals surface area contributed by atoms with Gasteiger partial charge in [-0.2, -0.15) is 5.26 Å². The molecule has 15 heavy (non-hydrogen) atoms. The average molecular weight is 258 g/mol. The predicted octanol–water partition coefficient (Wildman–Crippen LogP) is 1.96. The van der Waals surface area contributed by atoms with E-state index in [0.717, 1.165) is 5.75 Å². The number of nitrogens with one attached hydrogen (secondary N) is 3. The molecule has 1 aromatic carbocycles. The molecule has 3 N–H and O–H groups in total. The molecule has 0 aromatic heterocycles. The highest BCUT2D eigenvalue weighted by Gasteiger charge is 2.13. The molecule has 2 unspecified atom stereocenters. The van der Waals surface area contributed by atoms with Gasteiger partial charge < -0.3 is 4.52 Å². The van der Waals surface area contributed by atoms with E-state index in [9.17, 15) is 0 Å². The maximum Gasteiger partial charge on any atom is 0.251 e. The Kier molecular flexibility index (Phi) is 4.23. The monoisotopic (exact) mass is 258 g/mol. The Morgan fingerprint density at radius 2 is 1.87 bits per heavy atom. The molecule has 1 aliphatic rings. The minimum absolute atomic E-state index is 0.533. The molecular formula is C7H9N4OP3. The molecular weight excluding hydrogens is 249 g/mol. The number of nitrogens with zero attached hydrogens (tertiary/aromatic N) is 1. The fourth-order valence-corrected chi connectivity index (χ4v) is 4.90. The summed E-state index contributed by atoms with van der Waals surface area (Å²) in [5, 5.41) is 8.63. The van der Waals surface area contributed by atoms with Crippen LogP contribution in [0.4, 0.5) is 0 Å². The zero-order valence-corrected chi connectivity index (χ0v) is 10.5. The van der Waals surface area contributed by atoms with Crippen molar-refractivity contribution < 1.29 is 4.52 Å². The van der Waals surface area contributed by atoms with E-state index in [1.54, 1.807) is 24.3 Å². The lowest BCUT2D eigenvalue weighted by atomic mass is 10.2. The fourth-order valence-electron chi connectivity index (χ4n) is 0.958. The van der Waals surface area contributed by atoms with Crippen molar-refractivity contribution in [2.45, 2.75) is 0 Å². The summed E-state index contributed by atoms with van der Waals surface area (Å²) in [5.41, 5.74) is 0.644. The van der Waals surface area contributed by atoms with Crippen molar-refractivity contribution in [3.8, 4) is 11.8 Å². The Balaban J connectivity index is 1.95.